The van der Waals surface area contributed by atoms with E-state index in [2.05, 4.69) is 15.1 Å². The number of rotatable bonds is 4. The molecule has 9 nitrogen and oxygen atoms in total. The summed E-state index contributed by atoms with van der Waals surface area (Å²) in [6.45, 7) is 3.04. The number of hydrogen-bond acceptors (Lipinski definition) is 6. The minimum absolute atomic E-state index is 0.0985. The normalized spacial score (nSPS) is 16.3. The molecule has 31 heavy (non-hydrogen) atoms. The van der Waals surface area contributed by atoms with Crippen molar-refractivity contribution in [2.24, 2.45) is 0 Å². The van der Waals surface area contributed by atoms with E-state index < -0.39 is 0 Å². The van der Waals surface area contributed by atoms with Crippen molar-refractivity contribution < 1.29 is 14.3 Å². The SMILES string of the molecule is COc1cccc(C(=O)N2CCN(C(=O)c3ncn(-c4cccc(Cl)c4)n3)C[C@H]2C)n1. The van der Waals surface area contributed by atoms with Crippen LogP contribution in [-0.4, -0.2) is 74.1 Å². The van der Waals surface area contributed by atoms with Crippen molar-refractivity contribution in [3.8, 4) is 11.6 Å². The van der Waals surface area contributed by atoms with E-state index in [0.717, 1.165) is 0 Å². The number of methoxy groups -OCH3 is 1. The van der Waals surface area contributed by atoms with Crippen molar-refractivity contribution in [2.75, 3.05) is 26.7 Å². The largest absolute Gasteiger partial charge is 0.481 e. The van der Waals surface area contributed by atoms with Crippen LogP contribution < -0.4 is 4.74 Å². The fourth-order valence-electron chi connectivity index (χ4n) is 3.48. The Labute approximate surface area is 184 Å². The lowest BCUT2D eigenvalue weighted by Crippen LogP contribution is -2.55. The number of pyridine rings is 1. The summed E-state index contributed by atoms with van der Waals surface area (Å²) in [5, 5.41) is 4.86. The van der Waals surface area contributed by atoms with Gasteiger partial charge in [-0.1, -0.05) is 23.7 Å². The summed E-state index contributed by atoms with van der Waals surface area (Å²) in [7, 11) is 1.51. The molecule has 0 aliphatic carbocycles. The topological polar surface area (TPSA) is 93.5 Å². The van der Waals surface area contributed by atoms with Crippen molar-refractivity contribution in [2.45, 2.75) is 13.0 Å². The third-order valence-corrected chi connectivity index (χ3v) is 5.32. The molecule has 1 saturated heterocycles. The molecule has 0 radical (unpaired) electrons. The molecule has 0 saturated carbocycles. The smallest absolute Gasteiger partial charge is 0.293 e. The molecule has 1 atom stereocenters. The molecule has 4 rings (SSSR count). The van der Waals surface area contributed by atoms with Crippen molar-refractivity contribution >= 4 is 23.4 Å². The summed E-state index contributed by atoms with van der Waals surface area (Å²) >= 11 is 6.02. The van der Waals surface area contributed by atoms with Gasteiger partial charge in [0.05, 0.1) is 12.8 Å². The number of aromatic nitrogens is 4. The van der Waals surface area contributed by atoms with Crippen LogP contribution in [0, 0.1) is 0 Å². The van der Waals surface area contributed by atoms with Crippen molar-refractivity contribution in [3.05, 3.63) is 65.3 Å². The zero-order valence-electron chi connectivity index (χ0n) is 17.1. The predicted molar refractivity (Wildman–Crippen MR) is 114 cm³/mol. The van der Waals surface area contributed by atoms with Crippen LogP contribution >= 0.6 is 11.6 Å². The average molecular weight is 441 g/mol. The quantitative estimate of drug-likeness (QED) is 0.618. The number of carbonyl (C=O) groups is 2. The van der Waals surface area contributed by atoms with Gasteiger partial charge < -0.3 is 14.5 Å². The number of nitrogens with zero attached hydrogens (tertiary/aromatic N) is 6. The molecule has 160 valence electrons. The molecule has 3 aromatic rings. The molecule has 2 aromatic heterocycles. The Bertz CT molecular complexity index is 1120. The Hall–Kier alpha value is -3.46. The average Bonchev–Trinajstić information content (AvgIpc) is 3.28. The van der Waals surface area contributed by atoms with Gasteiger partial charge in [0.1, 0.15) is 12.0 Å². The van der Waals surface area contributed by atoms with Crippen LogP contribution in [0.2, 0.25) is 5.02 Å². The summed E-state index contributed by atoms with van der Waals surface area (Å²) in [4.78, 5) is 37.5. The summed E-state index contributed by atoms with van der Waals surface area (Å²) in [6.07, 6.45) is 1.48. The second-order valence-corrected chi connectivity index (χ2v) is 7.59. The van der Waals surface area contributed by atoms with Crippen LogP contribution in [0.1, 0.15) is 28.0 Å². The van der Waals surface area contributed by atoms with E-state index in [1.165, 1.54) is 18.1 Å². The van der Waals surface area contributed by atoms with E-state index in [0.29, 0.717) is 41.9 Å². The summed E-state index contributed by atoms with van der Waals surface area (Å²) in [6, 6.07) is 12.0. The maximum Gasteiger partial charge on any atom is 0.293 e. The van der Waals surface area contributed by atoms with Crippen molar-refractivity contribution in [1.29, 1.82) is 0 Å². The molecular weight excluding hydrogens is 420 g/mol. The summed E-state index contributed by atoms with van der Waals surface area (Å²) in [5.41, 5.74) is 1.03. The number of benzene rings is 1. The van der Waals surface area contributed by atoms with Crippen LogP contribution in [0.15, 0.2) is 48.8 Å². The Morgan fingerprint density at radius 3 is 2.68 bits per heavy atom. The maximum atomic E-state index is 12.9. The van der Waals surface area contributed by atoms with Crippen molar-refractivity contribution in [1.82, 2.24) is 29.5 Å². The number of halogens is 1. The van der Waals surface area contributed by atoms with Gasteiger partial charge in [0.15, 0.2) is 0 Å². The molecule has 0 spiro atoms. The highest BCUT2D eigenvalue weighted by Crippen LogP contribution is 2.17. The van der Waals surface area contributed by atoms with Gasteiger partial charge in [-0.2, -0.15) is 0 Å². The van der Waals surface area contributed by atoms with Gasteiger partial charge in [0.2, 0.25) is 11.7 Å². The second-order valence-electron chi connectivity index (χ2n) is 7.16. The standard InChI is InChI=1S/C21H21ClN6O3/c1-14-12-26(9-10-27(14)20(29)17-7-4-8-18(24-17)31-2)21(30)19-23-13-28(25-19)16-6-3-5-15(22)11-16/h3-8,11,13-14H,9-10,12H2,1-2H3/t14-/m1/s1. The fourth-order valence-corrected chi connectivity index (χ4v) is 3.67. The van der Waals surface area contributed by atoms with Gasteiger partial charge in [0.25, 0.3) is 11.8 Å². The molecule has 1 aliphatic rings. The zero-order valence-corrected chi connectivity index (χ0v) is 17.9. The lowest BCUT2D eigenvalue weighted by molar-refractivity contribution is 0.0404. The third kappa shape index (κ3) is 4.36. The molecule has 10 heteroatoms. The maximum absolute atomic E-state index is 12.9. The molecule has 0 unspecified atom stereocenters. The number of ether oxygens (including phenoxy) is 1. The van der Waals surface area contributed by atoms with E-state index in [-0.39, 0.29) is 23.7 Å². The lowest BCUT2D eigenvalue weighted by Gasteiger charge is -2.39. The van der Waals surface area contributed by atoms with Gasteiger partial charge in [-0.25, -0.2) is 14.6 Å². The second kappa shape index (κ2) is 8.73. The van der Waals surface area contributed by atoms with E-state index in [4.69, 9.17) is 16.3 Å². The van der Waals surface area contributed by atoms with Crippen molar-refractivity contribution in [3.63, 3.8) is 0 Å². The minimum Gasteiger partial charge on any atom is -0.481 e. The Morgan fingerprint density at radius 2 is 1.94 bits per heavy atom. The first-order chi connectivity index (χ1) is 15.0. The van der Waals surface area contributed by atoms with E-state index >= 15 is 0 Å². The molecule has 0 bridgehead atoms. The first-order valence-electron chi connectivity index (χ1n) is 9.75. The Morgan fingerprint density at radius 1 is 1.13 bits per heavy atom. The summed E-state index contributed by atoms with van der Waals surface area (Å²) < 4.78 is 6.61. The Kier molecular flexibility index (Phi) is 5.85. The van der Waals surface area contributed by atoms with Crippen LogP contribution in [0.25, 0.3) is 5.69 Å². The number of amides is 2. The highest BCUT2D eigenvalue weighted by atomic mass is 35.5. The molecule has 1 aliphatic heterocycles. The fraction of sp³-hybridized carbons (Fsp3) is 0.286. The van der Waals surface area contributed by atoms with E-state index in [1.807, 2.05) is 13.0 Å². The molecule has 3 heterocycles. The predicted octanol–water partition coefficient (Wildman–Crippen LogP) is 2.31. The zero-order chi connectivity index (χ0) is 22.0. The highest BCUT2D eigenvalue weighted by molar-refractivity contribution is 6.30. The van der Waals surface area contributed by atoms with Crippen LogP contribution in [-0.2, 0) is 0 Å². The first-order valence-corrected chi connectivity index (χ1v) is 10.1. The molecule has 1 aromatic carbocycles. The number of piperazine rings is 1. The van der Waals surface area contributed by atoms with Crippen LogP contribution in [0.4, 0.5) is 0 Å². The minimum atomic E-state index is -0.278. The van der Waals surface area contributed by atoms with E-state index in [9.17, 15) is 9.59 Å². The van der Waals surface area contributed by atoms with Gasteiger partial charge in [-0.3, -0.25) is 9.59 Å². The van der Waals surface area contributed by atoms with Crippen LogP contribution in [0.5, 0.6) is 5.88 Å². The molecular formula is C21H21ClN6O3. The van der Waals surface area contributed by atoms with Gasteiger partial charge in [-0.05, 0) is 31.2 Å². The van der Waals surface area contributed by atoms with Gasteiger partial charge in [0, 0.05) is 36.8 Å². The van der Waals surface area contributed by atoms with Gasteiger partial charge >= 0.3 is 0 Å². The van der Waals surface area contributed by atoms with Crippen LogP contribution in [0.3, 0.4) is 0 Å². The lowest BCUT2D eigenvalue weighted by atomic mass is 10.1. The molecule has 0 N–H and O–H groups in total. The third-order valence-electron chi connectivity index (χ3n) is 5.08. The van der Waals surface area contributed by atoms with E-state index in [1.54, 1.807) is 46.2 Å². The first kappa shape index (κ1) is 20.8. The van der Waals surface area contributed by atoms with Gasteiger partial charge in [-0.15, -0.1) is 5.10 Å². The monoisotopic (exact) mass is 440 g/mol. The highest BCUT2D eigenvalue weighted by Gasteiger charge is 2.32. The summed E-state index contributed by atoms with van der Waals surface area (Å²) in [5.74, 6) is 0.0104. The molecule has 1 fully saturated rings. The molecule has 2 amide bonds. The Balaban J connectivity index is 1.44. The number of carbonyl (C=O) groups excluding carboxylic acids is 2. The number of hydrogen-bond donors (Lipinski definition) is 0.